The number of cyclic esters (lactones) is 1. The summed E-state index contributed by atoms with van der Waals surface area (Å²) in [7, 11) is 0. The van der Waals surface area contributed by atoms with Gasteiger partial charge in [-0.05, 0) is 50.4 Å². The van der Waals surface area contributed by atoms with Crippen LogP contribution in [0.5, 0.6) is 11.5 Å². The van der Waals surface area contributed by atoms with E-state index in [9.17, 15) is 4.79 Å². The van der Waals surface area contributed by atoms with Crippen molar-refractivity contribution in [2.75, 3.05) is 45.9 Å². The largest absolute Gasteiger partial charge is 0.486 e. The second kappa shape index (κ2) is 9.39. The molecule has 0 aliphatic carbocycles. The van der Waals surface area contributed by atoms with Gasteiger partial charge in [-0.15, -0.1) is 0 Å². The van der Waals surface area contributed by atoms with Gasteiger partial charge in [0, 0.05) is 19.2 Å². The van der Waals surface area contributed by atoms with Crippen LogP contribution in [0.25, 0.3) is 0 Å². The maximum Gasteiger partial charge on any atom is 0.409 e. The van der Waals surface area contributed by atoms with E-state index in [0.29, 0.717) is 36.2 Å². The number of piperidine rings is 1. The third-order valence-electron chi connectivity index (χ3n) is 5.61. The Morgan fingerprint density at radius 2 is 1.96 bits per heavy atom. The van der Waals surface area contributed by atoms with Gasteiger partial charge in [0.1, 0.15) is 19.3 Å². The third kappa shape index (κ3) is 4.83. The van der Waals surface area contributed by atoms with Crippen molar-refractivity contribution in [1.29, 1.82) is 5.26 Å². The van der Waals surface area contributed by atoms with Crippen molar-refractivity contribution in [3.63, 3.8) is 0 Å². The highest BCUT2D eigenvalue weighted by molar-refractivity contribution is 7.59. The van der Waals surface area contributed by atoms with Gasteiger partial charge in [-0.2, -0.15) is 18.8 Å². The number of carbonyl (C=O) groups is 1. The van der Waals surface area contributed by atoms with Crippen molar-refractivity contribution >= 4 is 19.6 Å². The molecule has 3 aliphatic heterocycles. The van der Waals surface area contributed by atoms with Crippen LogP contribution in [0.15, 0.2) is 18.2 Å². The number of nitriles is 1. The van der Waals surface area contributed by atoms with Gasteiger partial charge in [0.2, 0.25) is 0 Å². The molecular formula is C20H27N3O4S. The first-order valence-electron chi connectivity index (χ1n) is 9.69. The minimum atomic E-state index is -0.165. The summed E-state index contributed by atoms with van der Waals surface area (Å²) in [6.45, 7) is 5.52. The first kappa shape index (κ1) is 20.6. The molecular weight excluding hydrogens is 378 g/mol. The second-order valence-electron chi connectivity index (χ2n) is 7.46. The zero-order chi connectivity index (χ0) is 18.6. The van der Waals surface area contributed by atoms with Crippen molar-refractivity contribution in [2.45, 2.75) is 25.4 Å². The van der Waals surface area contributed by atoms with E-state index in [1.54, 1.807) is 18.2 Å². The van der Waals surface area contributed by atoms with Crippen molar-refractivity contribution in [2.24, 2.45) is 5.92 Å². The van der Waals surface area contributed by atoms with Crippen LogP contribution in [-0.2, 0) is 4.74 Å². The lowest BCUT2D eigenvalue weighted by atomic mass is 9.93. The smallest absolute Gasteiger partial charge is 0.409 e. The molecule has 1 atom stereocenters. The van der Waals surface area contributed by atoms with Crippen molar-refractivity contribution in [1.82, 2.24) is 9.80 Å². The lowest BCUT2D eigenvalue weighted by molar-refractivity contribution is 0.0467. The molecule has 0 N–H and O–H groups in total. The molecule has 2 fully saturated rings. The second-order valence-corrected chi connectivity index (χ2v) is 7.46. The minimum absolute atomic E-state index is 0. The van der Waals surface area contributed by atoms with Gasteiger partial charge in [0.15, 0.2) is 11.5 Å². The fourth-order valence-corrected chi connectivity index (χ4v) is 3.99. The van der Waals surface area contributed by atoms with E-state index in [4.69, 9.17) is 19.5 Å². The van der Waals surface area contributed by atoms with Gasteiger partial charge >= 0.3 is 6.09 Å². The number of amides is 1. The average molecular weight is 406 g/mol. The summed E-state index contributed by atoms with van der Waals surface area (Å²) in [6.07, 6.45) is 3.16. The Kier molecular flexibility index (Phi) is 6.92. The number of fused-ring (bicyclic) bond motifs is 1. The van der Waals surface area contributed by atoms with Crippen LogP contribution in [0.1, 0.15) is 24.8 Å². The fourth-order valence-electron chi connectivity index (χ4n) is 3.99. The first-order valence-corrected chi connectivity index (χ1v) is 9.69. The highest BCUT2D eigenvalue weighted by Gasteiger charge is 2.28. The average Bonchev–Trinajstić information content (AvgIpc) is 3.11. The maximum absolute atomic E-state index is 11.5. The summed E-state index contributed by atoms with van der Waals surface area (Å²) in [5, 5.41) is 9.04. The number of ether oxygens (including phenoxy) is 3. The molecule has 8 heteroatoms. The molecule has 0 saturated carbocycles. The lowest BCUT2D eigenvalue weighted by Gasteiger charge is -2.36. The summed E-state index contributed by atoms with van der Waals surface area (Å²) in [5.41, 5.74) is 0.584. The van der Waals surface area contributed by atoms with Gasteiger partial charge in [-0.3, -0.25) is 4.90 Å². The number of hydrogen-bond acceptors (Lipinski definition) is 6. The van der Waals surface area contributed by atoms with Crippen LogP contribution < -0.4 is 9.47 Å². The van der Waals surface area contributed by atoms with E-state index in [1.165, 1.54) is 0 Å². The number of hydrogen-bond donors (Lipinski definition) is 0. The lowest BCUT2D eigenvalue weighted by Crippen LogP contribution is -2.44. The molecule has 0 aromatic heterocycles. The summed E-state index contributed by atoms with van der Waals surface area (Å²) in [6, 6.07) is 7.42. The first-order chi connectivity index (χ1) is 13.2. The Balaban J connectivity index is 0.00000225. The van der Waals surface area contributed by atoms with Crippen LogP contribution in [0.3, 0.4) is 0 Å². The number of rotatable bonds is 5. The number of benzene rings is 1. The molecule has 1 amide bonds. The molecule has 7 nitrogen and oxygen atoms in total. The van der Waals surface area contributed by atoms with Crippen LogP contribution in [-0.4, -0.2) is 67.9 Å². The molecule has 0 radical (unpaired) electrons. The van der Waals surface area contributed by atoms with Crippen LogP contribution in [0, 0.1) is 17.2 Å². The van der Waals surface area contributed by atoms with Crippen LogP contribution in [0.4, 0.5) is 4.79 Å². The Morgan fingerprint density at radius 1 is 1.14 bits per heavy atom. The third-order valence-corrected chi connectivity index (χ3v) is 5.61. The normalized spacial score (nSPS) is 22.3. The predicted octanol–water partition coefficient (Wildman–Crippen LogP) is 2.37. The van der Waals surface area contributed by atoms with Crippen LogP contribution >= 0.6 is 13.5 Å². The van der Waals surface area contributed by atoms with Crippen molar-refractivity contribution < 1.29 is 19.0 Å². The van der Waals surface area contributed by atoms with Gasteiger partial charge < -0.3 is 19.1 Å². The number of carbonyl (C=O) groups excluding carboxylic acids is 1. The Hall–Kier alpha value is -2.11. The molecule has 4 rings (SSSR count). The predicted molar refractivity (Wildman–Crippen MR) is 108 cm³/mol. The summed E-state index contributed by atoms with van der Waals surface area (Å²) < 4.78 is 16.8. The highest BCUT2D eigenvalue weighted by atomic mass is 32.1. The number of nitrogens with zero attached hydrogens (tertiary/aromatic N) is 3. The minimum Gasteiger partial charge on any atom is -0.486 e. The zero-order valence-corrected chi connectivity index (χ0v) is 16.9. The van der Waals surface area contributed by atoms with E-state index in [0.717, 1.165) is 52.0 Å². The molecule has 0 unspecified atom stereocenters. The molecule has 152 valence electrons. The summed E-state index contributed by atoms with van der Waals surface area (Å²) in [5.74, 6) is 2.04. The Labute approximate surface area is 172 Å². The summed E-state index contributed by atoms with van der Waals surface area (Å²) in [4.78, 5) is 15.7. The highest BCUT2D eigenvalue weighted by Crippen LogP contribution is 2.33. The molecule has 3 heterocycles. The van der Waals surface area contributed by atoms with E-state index in [2.05, 4.69) is 11.0 Å². The summed E-state index contributed by atoms with van der Waals surface area (Å²) >= 11 is 0. The van der Waals surface area contributed by atoms with Gasteiger partial charge in [0.25, 0.3) is 0 Å². The van der Waals surface area contributed by atoms with Crippen molar-refractivity contribution in [3.8, 4) is 17.6 Å². The zero-order valence-electron chi connectivity index (χ0n) is 15.9. The molecule has 0 spiro atoms. The fraction of sp³-hybridized carbons (Fsp3) is 0.600. The standard InChI is InChI=1S/C20H25N3O4.H2S/c21-12-16-1-2-18-19(11-16)27-17(14-26-18)13-22-6-3-15(4-7-22)5-8-23-9-10-25-20(23)24;/h1-2,11,15,17H,3-10,13-14H2;1H2/t17-;/m0./s1. The van der Waals surface area contributed by atoms with E-state index in [-0.39, 0.29) is 25.7 Å². The topological polar surface area (TPSA) is 75.0 Å². The molecule has 28 heavy (non-hydrogen) atoms. The maximum atomic E-state index is 11.5. The van der Waals surface area contributed by atoms with Gasteiger partial charge in [-0.25, -0.2) is 4.79 Å². The molecule has 3 aliphatic rings. The Morgan fingerprint density at radius 3 is 2.68 bits per heavy atom. The molecule has 1 aromatic carbocycles. The van der Waals surface area contributed by atoms with Crippen molar-refractivity contribution in [3.05, 3.63) is 23.8 Å². The monoisotopic (exact) mass is 405 g/mol. The molecule has 1 aromatic rings. The van der Waals surface area contributed by atoms with E-state index < -0.39 is 0 Å². The number of likely N-dealkylation sites (tertiary alicyclic amines) is 1. The van der Waals surface area contributed by atoms with E-state index in [1.807, 2.05) is 4.90 Å². The van der Waals surface area contributed by atoms with Gasteiger partial charge in [-0.1, -0.05) is 0 Å². The molecule has 0 bridgehead atoms. The quantitative estimate of drug-likeness (QED) is 0.749. The SMILES string of the molecule is N#Cc1ccc2c(c1)O[C@@H](CN1CCC(CCN3CCOC3=O)CC1)CO2.S. The van der Waals surface area contributed by atoms with Gasteiger partial charge in [0.05, 0.1) is 18.2 Å². The Bertz CT molecular complexity index is 731. The van der Waals surface area contributed by atoms with E-state index >= 15 is 0 Å². The molecule has 2 saturated heterocycles. The van der Waals surface area contributed by atoms with Crippen LogP contribution in [0.2, 0.25) is 0 Å².